The first-order chi connectivity index (χ1) is 5.16. The lowest BCUT2D eigenvalue weighted by Crippen LogP contribution is -2.24. The van der Waals surface area contributed by atoms with Crippen molar-refractivity contribution >= 4 is 12.1 Å². The van der Waals surface area contributed by atoms with Crippen LogP contribution in [-0.2, 0) is 9.53 Å². The standard InChI is InChI=1S/C6H11NO4/c1-11-6(10)7-4-2-3-5(8)9/h2-4H2,1H3,(H,7,10)(H,8,9). The van der Waals surface area contributed by atoms with Crippen molar-refractivity contribution in [2.45, 2.75) is 12.8 Å². The minimum absolute atomic E-state index is 0.0595. The van der Waals surface area contributed by atoms with Crippen molar-refractivity contribution < 1.29 is 19.4 Å². The topological polar surface area (TPSA) is 75.6 Å². The van der Waals surface area contributed by atoms with Gasteiger partial charge in [-0.2, -0.15) is 0 Å². The van der Waals surface area contributed by atoms with Gasteiger partial charge in [0.25, 0.3) is 0 Å². The summed E-state index contributed by atoms with van der Waals surface area (Å²) in [6.07, 6.45) is -0.0515. The predicted molar refractivity (Wildman–Crippen MR) is 37.3 cm³/mol. The summed E-state index contributed by atoms with van der Waals surface area (Å²) in [6.45, 7) is 0.332. The maximum atomic E-state index is 10.4. The third-order valence-corrected chi connectivity index (χ3v) is 1.02. The summed E-state index contributed by atoms with van der Waals surface area (Å²) >= 11 is 0. The van der Waals surface area contributed by atoms with E-state index in [1.54, 1.807) is 0 Å². The molecule has 0 fully saturated rings. The van der Waals surface area contributed by atoms with Gasteiger partial charge in [-0.1, -0.05) is 0 Å². The Morgan fingerprint density at radius 1 is 1.55 bits per heavy atom. The average Bonchev–Trinajstić information content (AvgIpc) is 1.97. The molecule has 0 aromatic rings. The number of ether oxygens (including phenoxy) is 1. The molecule has 0 spiro atoms. The average molecular weight is 161 g/mol. The Kier molecular flexibility index (Phi) is 4.89. The summed E-state index contributed by atoms with van der Waals surface area (Å²) < 4.78 is 4.26. The number of aliphatic carboxylic acids is 1. The van der Waals surface area contributed by atoms with Crippen LogP contribution in [0, 0.1) is 0 Å². The van der Waals surface area contributed by atoms with E-state index in [2.05, 4.69) is 10.1 Å². The SMILES string of the molecule is COC(=O)NCCCC(=O)O. The fourth-order valence-corrected chi connectivity index (χ4v) is 0.502. The lowest BCUT2D eigenvalue weighted by Gasteiger charge is -2.00. The number of amides is 1. The molecule has 0 aromatic heterocycles. The molecule has 0 atom stereocenters. The Labute approximate surface area is 64.3 Å². The number of hydrogen-bond donors (Lipinski definition) is 2. The van der Waals surface area contributed by atoms with Crippen molar-refractivity contribution in [1.82, 2.24) is 5.32 Å². The van der Waals surface area contributed by atoms with Crippen molar-refractivity contribution in [3.05, 3.63) is 0 Å². The first kappa shape index (κ1) is 9.74. The molecule has 0 bridgehead atoms. The number of alkyl carbamates (subject to hydrolysis) is 1. The smallest absolute Gasteiger partial charge is 0.406 e. The number of carboxylic acids is 1. The third kappa shape index (κ3) is 6.63. The fourth-order valence-electron chi connectivity index (χ4n) is 0.502. The number of carbonyl (C=O) groups is 2. The Morgan fingerprint density at radius 3 is 2.64 bits per heavy atom. The summed E-state index contributed by atoms with van der Waals surface area (Å²) in [6, 6.07) is 0. The minimum atomic E-state index is -0.864. The summed E-state index contributed by atoms with van der Waals surface area (Å²) in [4.78, 5) is 20.3. The van der Waals surface area contributed by atoms with Gasteiger partial charge in [-0.25, -0.2) is 4.79 Å². The fraction of sp³-hybridized carbons (Fsp3) is 0.667. The molecule has 11 heavy (non-hydrogen) atoms. The molecule has 0 heterocycles. The van der Waals surface area contributed by atoms with Crippen LogP contribution in [0.4, 0.5) is 4.79 Å². The minimum Gasteiger partial charge on any atom is -0.481 e. The maximum Gasteiger partial charge on any atom is 0.406 e. The molecule has 1 amide bonds. The Hall–Kier alpha value is -1.26. The van der Waals surface area contributed by atoms with Gasteiger partial charge >= 0.3 is 12.1 Å². The van der Waals surface area contributed by atoms with Crippen molar-refractivity contribution in [3.63, 3.8) is 0 Å². The van der Waals surface area contributed by atoms with Crippen LogP contribution in [0.2, 0.25) is 0 Å². The van der Waals surface area contributed by atoms with Gasteiger partial charge in [-0.15, -0.1) is 0 Å². The second kappa shape index (κ2) is 5.52. The van der Waals surface area contributed by atoms with E-state index in [1.165, 1.54) is 7.11 Å². The first-order valence-corrected chi connectivity index (χ1v) is 3.20. The van der Waals surface area contributed by atoms with Crippen LogP contribution in [0.15, 0.2) is 0 Å². The Balaban J connectivity index is 3.14. The molecule has 64 valence electrons. The number of hydrogen-bond acceptors (Lipinski definition) is 3. The van der Waals surface area contributed by atoms with E-state index in [-0.39, 0.29) is 6.42 Å². The van der Waals surface area contributed by atoms with E-state index in [0.29, 0.717) is 13.0 Å². The molecule has 0 unspecified atom stereocenters. The quantitative estimate of drug-likeness (QED) is 0.578. The highest BCUT2D eigenvalue weighted by molar-refractivity contribution is 5.68. The van der Waals surface area contributed by atoms with Crippen molar-refractivity contribution in [1.29, 1.82) is 0 Å². The van der Waals surface area contributed by atoms with Gasteiger partial charge in [0.2, 0.25) is 0 Å². The number of nitrogens with one attached hydrogen (secondary N) is 1. The highest BCUT2D eigenvalue weighted by atomic mass is 16.5. The molecule has 0 saturated heterocycles. The normalized spacial score (nSPS) is 8.82. The zero-order chi connectivity index (χ0) is 8.69. The number of rotatable bonds is 4. The maximum absolute atomic E-state index is 10.4. The summed E-state index contributed by atoms with van der Waals surface area (Å²) in [5.74, 6) is -0.864. The molecule has 0 saturated carbocycles. The van der Waals surface area contributed by atoms with Gasteiger partial charge in [0, 0.05) is 13.0 Å². The number of carboxylic acid groups (broad SMARTS) is 1. The lowest BCUT2D eigenvalue weighted by atomic mass is 10.3. The van der Waals surface area contributed by atoms with Crippen LogP contribution in [0.1, 0.15) is 12.8 Å². The molecular weight excluding hydrogens is 150 g/mol. The van der Waals surface area contributed by atoms with E-state index >= 15 is 0 Å². The molecule has 0 aliphatic heterocycles. The van der Waals surface area contributed by atoms with Gasteiger partial charge in [0.15, 0.2) is 0 Å². The highest BCUT2D eigenvalue weighted by Gasteiger charge is 1.98. The molecule has 0 aliphatic carbocycles. The van der Waals surface area contributed by atoms with Gasteiger partial charge in [-0.3, -0.25) is 4.79 Å². The van der Waals surface area contributed by atoms with E-state index < -0.39 is 12.1 Å². The van der Waals surface area contributed by atoms with Gasteiger partial charge < -0.3 is 15.2 Å². The Bertz CT molecular complexity index is 146. The van der Waals surface area contributed by atoms with Gasteiger partial charge in [0.1, 0.15) is 0 Å². The van der Waals surface area contributed by atoms with Crippen LogP contribution in [-0.4, -0.2) is 30.8 Å². The summed E-state index contributed by atoms with van der Waals surface area (Å²) in [5, 5.41) is 10.6. The Morgan fingerprint density at radius 2 is 2.18 bits per heavy atom. The van der Waals surface area contributed by atoms with Gasteiger partial charge in [0.05, 0.1) is 7.11 Å². The van der Waals surface area contributed by atoms with Crippen molar-refractivity contribution in [3.8, 4) is 0 Å². The molecule has 5 nitrogen and oxygen atoms in total. The molecule has 0 radical (unpaired) electrons. The summed E-state index contributed by atoms with van der Waals surface area (Å²) in [5.41, 5.74) is 0. The predicted octanol–water partition coefficient (Wildman–Crippen LogP) is 0.207. The van der Waals surface area contributed by atoms with Crippen LogP contribution < -0.4 is 5.32 Å². The van der Waals surface area contributed by atoms with Crippen LogP contribution in [0.25, 0.3) is 0 Å². The van der Waals surface area contributed by atoms with Crippen LogP contribution in [0.5, 0.6) is 0 Å². The zero-order valence-electron chi connectivity index (χ0n) is 6.29. The van der Waals surface area contributed by atoms with E-state index in [1.807, 2.05) is 0 Å². The summed E-state index contributed by atoms with van der Waals surface area (Å²) in [7, 11) is 1.26. The van der Waals surface area contributed by atoms with Crippen molar-refractivity contribution in [2.24, 2.45) is 0 Å². The van der Waals surface area contributed by atoms with E-state index in [0.717, 1.165) is 0 Å². The second-order valence-corrected chi connectivity index (χ2v) is 1.92. The van der Waals surface area contributed by atoms with Crippen LogP contribution >= 0.6 is 0 Å². The molecule has 0 aliphatic rings. The van der Waals surface area contributed by atoms with E-state index in [4.69, 9.17) is 5.11 Å². The molecular formula is C6H11NO4. The monoisotopic (exact) mass is 161 g/mol. The highest BCUT2D eigenvalue weighted by Crippen LogP contribution is 1.85. The largest absolute Gasteiger partial charge is 0.481 e. The number of methoxy groups -OCH3 is 1. The zero-order valence-corrected chi connectivity index (χ0v) is 6.29. The lowest BCUT2D eigenvalue weighted by molar-refractivity contribution is -0.137. The molecule has 0 aromatic carbocycles. The molecule has 0 rings (SSSR count). The first-order valence-electron chi connectivity index (χ1n) is 3.20. The van der Waals surface area contributed by atoms with Crippen molar-refractivity contribution in [2.75, 3.05) is 13.7 Å². The van der Waals surface area contributed by atoms with E-state index in [9.17, 15) is 9.59 Å². The molecule has 2 N–H and O–H groups in total. The number of carbonyl (C=O) groups excluding carboxylic acids is 1. The third-order valence-electron chi connectivity index (χ3n) is 1.02. The van der Waals surface area contributed by atoms with Gasteiger partial charge in [-0.05, 0) is 6.42 Å². The molecule has 5 heteroatoms. The van der Waals surface area contributed by atoms with Crippen LogP contribution in [0.3, 0.4) is 0 Å². The second-order valence-electron chi connectivity index (χ2n) is 1.92.